The van der Waals surface area contributed by atoms with E-state index in [0.717, 1.165) is 38.9 Å². The molecular weight excluding hydrogens is 374 g/mol. The maximum atomic E-state index is 12.7. The number of aromatic amines is 2. The van der Waals surface area contributed by atoms with E-state index in [4.69, 9.17) is 0 Å². The number of fused-ring (bicyclic) bond motifs is 2. The average Bonchev–Trinajstić information content (AvgIpc) is 3.42. The van der Waals surface area contributed by atoms with Gasteiger partial charge in [-0.3, -0.25) is 14.9 Å². The standard InChI is InChI=1S/C24H19N5O/c30-22(10-14-4-2-1-3-5-14)24-26-20-12-17-19(13-21(20)27-24)28-29-23(17)16-8-9-25-18(11-16)15-6-7-15/h1-5,8-9,11-13,15,28-29H,6-7,10H2. The van der Waals surface area contributed by atoms with Gasteiger partial charge in [0.15, 0.2) is 5.82 Å². The maximum absolute atomic E-state index is 12.7. The van der Waals surface area contributed by atoms with Crippen molar-refractivity contribution in [3.8, 4) is 11.3 Å². The molecule has 0 radical (unpaired) electrons. The summed E-state index contributed by atoms with van der Waals surface area (Å²) in [5.41, 5.74) is 6.58. The number of benzene rings is 2. The van der Waals surface area contributed by atoms with E-state index in [-0.39, 0.29) is 11.6 Å². The van der Waals surface area contributed by atoms with Crippen molar-refractivity contribution in [2.75, 3.05) is 0 Å². The van der Waals surface area contributed by atoms with E-state index < -0.39 is 0 Å². The molecule has 6 heteroatoms. The van der Waals surface area contributed by atoms with Crippen molar-refractivity contribution in [1.82, 2.24) is 25.1 Å². The van der Waals surface area contributed by atoms with Gasteiger partial charge in [-0.2, -0.15) is 0 Å². The number of carbonyl (C=O) groups is 1. The first-order valence-corrected chi connectivity index (χ1v) is 10.2. The zero-order valence-electron chi connectivity index (χ0n) is 16.2. The Balaban J connectivity index is 1.38. The van der Waals surface area contributed by atoms with Crippen molar-refractivity contribution in [2.45, 2.75) is 25.2 Å². The number of aromatic nitrogens is 5. The number of hydrogen-bond acceptors (Lipinski definition) is 4. The molecule has 146 valence electrons. The van der Waals surface area contributed by atoms with Gasteiger partial charge in [0, 0.05) is 35.2 Å². The van der Waals surface area contributed by atoms with E-state index in [9.17, 15) is 4.79 Å². The van der Waals surface area contributed by atoms with Crippen LogP contribution >= 0.6 is 0 Å². The molecule has 5 aromatic rings. The highest BCUT2D eigenvalue weighted by atomic mass is 16.1. The van der Waals surface area contributed by atoms with E-state index in [0.29, 0.717) is 17.9 Å². The molecule has 3 aromatic heterocycles. The first-order chi connectivity index (χ1) is 14.7. The molecule has 0 bridgehead atoms. The molecule has 2 aromatic carbocycles. The number of imidazole rings is 1. The molecule has 30 heavy (non-hydrogen) atoms. The number of nitrogens with zero attached hydrogens (tertiary/aromatic N) is 3. The molecule has 0 amide bonds. The lowest BCUT2D eigenvalue weighted by molar-refractivity contribution is 0.0984. The van der Waals surface area contributed by atoms with E-state index in [1.165, 1.54) is 12.8 Å². The summed E-state index contributed by atoms with van der Waals surface area (Å²) in [6.07, 6.45) is 4.61. The molecule has 1 aliphatic rings. The molecule has 0 unspecified atom stereocenters. The first-order valence-electron chi connectivity index (χ1n) is 10.2. The van der Waals surface area contributed by atoms with Crippen LogP contribution in [-0.4, -0.2) is 30.9 Å². The van der Waals surface area contributed by atoms with Gasteiger partial charge in [-0.05, 0) is 42.7 Å². The topological polar surface area (TPSA) is 87.3 Å². The van der Waals surface area contributed by atoms with Crippen LogP contribution in [0.1, 0.15) is 40.6 Å². The summed E-state index contributed by atoms with van der Waals surface area (Å²) in [4.78, 5) is 26.2. The number of pyridine rings is 1. The SMILES string of the molecule is O=C(Cc1ccccc1)c1nc2cc3[nH][nH]c(-c4ccnc(C5CC5)c4)c3cc2n1. The van der Waals surface area contributed by atoms with Crippen molar-refractivity contribution in [2.24, 2.45) is 0 Å². The number of H-pyrrole nitrogens is 2. The lowest BCUT2D eigenvalue weighted by Gasteiger charge is -2.02. The van der Waals surface area contributed by atoms with E-state index in [2.05, 4.69) is 31.2 Å². The first kappa shape index (κ1) is 17.1. The van der Waals surface area contributed by atoms with Crippen LogP contribution in [0.25, 0.3) is 33.2 Å². The van der Waals surface area contributed by atoms with Crippen LogP contribution in [0.5, 0.6) is 0 Å². The highest BCUT2D eigenvalue weighted by Gasteiger charge is 2.25. The number of ketones is 1. The van der Waals surface area contributed by atoms with Gasteiger partial charge in [-0.15, -0.1) is 0 Å². The highest BCUT2D eigenvalue weighted by molar-refractivity contribution is 6.03. The smallest absolute Gasteiger partial charge is 0.204 e. The zero-order chi connectivity index (χ0) is 20.1. The van der Waals surface area contributed by atoms with Crippen LogP contribution in [-0.2, 0) is 6.42 Å². The molecular formula is C24H19N5O. The summed E-state index contributed by atoms with van der Waals surface area (Å²) < 4.78 is 0. The quantitative estimate of drug-likeness (QED) is 0.420. The van der Waals surface area contributed by atoms with E-state index >= 15 is 0 Å². The van der Waals surface area contributed by atoms with Crippen LogP contribution in [0.2, 0.25) is 0 Å². The van der Waals surface area contributed by atoms with Gasteiger partial charge in [0.25, 0.3) is 0 Å². The monoisotopic (exact) mass is 393 g/mol. The predicted octanol–water partition coefficient (Wildman–Crippen LogP) is 4.80. The average molecular weight is 393 g/mol. The molecule has 1 saturated carbocycles. The number of hydrogen-bond donors (Lipinski definition) is 2. The van der Waals surface area contributed by atoms with E-state index in [1.54, 1.807) is 0 Å². The fourth-order valence-corrected chi connectivity index (χ4v) is 3.94. The Labute approximate surface area is 172 Å². The molecule has 6 nitrogen and oxygen atoms in total. The van der Waals surface area contributed by atoms with Gasteiger partial charge in [0.1, 0.15) is 0 Å². The van der Waals surface area contributed by atoms with E-state index in [1.807, 2.05) is 54.7 Å². The molecule has 6 rings (SSSR count). The van der Waals surface area contributed by atoms with Crippen molar-refractivity contribution >= 4 is 27.7 Å². The Morgan fingerprint density at radius 1 is 0.967 bits per heavy atom. The van der Waals surface area contributed by atoms with Crippen molar-refractivity contribution in [3.63, 3.8) is 0 Å². The maximum Gasteiger partial charge on any atom is 0.204 e. The fraction of sp³-hybridized carbons (Fsp3) is 0.167. The third kappa shape index (κ3) is 2.97. The van der Waals surface area contributed by atoms with Crippen molar-refractivity contribution in [1.29, 1.82) is 0 Å². The fourth-order valence-electron chi connectivity index (χ4n) is 3.94. The lowest BCUT2D eigenvalue weighted by Crippen LogP contribution is -2.05. The van der Waals surface area contributed by atoms with Crippen LogP contribution in [0, 0.1) is 0 Å². The Morgan fingerprint density at radius 3 is 2.57 bits per heavy atom. The second-order valence-electron chi connectivity index (χ2n) is 7.89. The Hall–Kier alpha value is -3.80. The molecule has 0 saturated heterocycles. The van der Waals surface area contributed by atoms with Gasteiger partial charge in [0.2, 0.25) is 5.78 Å². The number of carbonyl (C=O) groups excluding carboxylic acids is 1. The highest BCUT2D eigenvalue weighted by Crippen LogP contribution is 2.40. The van der Waals surface area contributed by atoms with Gasteiger partial charge in [-0.25, -0.2) is 9.97 Å². The second-order valence-corrected chi connectivity index (χ2v) is 7.89. The van der Waals surface area contributed by atoms with Gasteiger partial charge in [-0.1, -0.05) is 30.3 Å². The van der Waals surface area contributed by atoms with Gasteiger partial charge in [0.05, 0.1) is 22.2 Å². The predicted molar refractivity (Wildman–Crippen MR) is 115 cm³/mol. The third-order valence-corrected chi connectivity index (χ3v) is 5.68. The molecule has 2 N–H and O–H groups in total. The summed E-state index contributed by atoms with van der Waals surface area (Å²) in [5.74, 6) is 0.795. The molecule has 0 spiro atoms. The molecule has 1 fully saturated rings. The van der Waals surface area contributed by atoms with Gasteiger partial charge < -0.3 is 5.10 Å². The van der Waals surface area contributed by atoms with Crippen LogP contribution in [0.3, 0.4) is 0 Å². The summed E-state index contributed by atoms with van der Waals surface area (Å²) in [5, 5.41) is 7.52. The summed E-state index contributed by atoms with van der Waals surface area (Å²) in [6.45, 7) is 0. The summed E-state index contributed by atoms with van der Waals surface area (Å²) in [7, 11) is 0. The number of Topliss-reactive ketones (excluding diaryl/α,β-unsaturated/α-hetero) is 1. The Kier molecular flexibility index (Phi) is 3.77. The largest absolute Gasteiger partial charge is 0.300 e. The minimum atomic E-state index is -0.0731. The number of nitrogens with one attached hydrogen (secondary N) is 2. The van der Waals surface area contributed by atoms with Crippen molar-refractivity contribution < 1.29 is 4.79 Å². The lowest BCUT2D eigenvalue weighted by atomic mass is 10.1. The van der Waals surface area contributed by atoms with Crippen molar-refractivity contribution in [3.05, 3.63) is 77.9 Å². The summed E-state index contributed by atoms with van der Waals surface area (Å²) >= 11 is 0. The molecule has 3 heterocycles. The number of rotatable bonds is 5. The molecule has 1 aliphatic carbocycles. The van der Waals surface area contributed by atoms with Crippen LogP contribution in [0.4, 0.5) is 0 Å². The third-order valence-electron chi connectivity index (χ3n) is 5.68. The normalized spacial score (nSPS) is 13.9. The Morgan fingerprint density at radius 2 is 1.77 bits per heavy atom. The second kappa shape index (κ2) is 6.62. The van der Waals surface area contributed by atoms with Crippen LogP contribution in [0.15, 0.2) is 60.8 Å². The summed E-state index contributed by atoms with van der Waals surface area (Å²) in [6, 6.07) is 17.8. The van der Waals surface area contributed by atoms with Crippen LogP contribution < -0.4 is 0 Å². The van der Waals surface area contributed by atoms with Gasteiger partial charge >= 0.3 is 0 Å². The zero-order valence-corrected chi connectivity index (χ0v) is 16.2. The molecule has 0 atom stereocenters. The minimum absolute atomic E-state index is 0.0731. The molecule has 0 aliphatic heterocycles. The Bertz CT molecular complexity index is 1400. The minimum Gasteiger partial charge on any atom is -0.300 e.